The number of benzene rings is 1. The summed E-state index contributed by atoms with van der Waals surface area (Å²) in [6.07, 6.45) is 1.05. The number of urea groups is 1. The van der Waals surface area contributed by atoms with Crippen molar-refractivity contribution in [3.63, 3.8) is 0 Å². The highest BCUT2D eigenvalue weighted by Crippen LogP contribution is 2.11. The lowest BCUT2D eigenvalue weighted by molar-refractivity contribution is 0.186. The Balaban J connectivity index is 2.55. The first-order valence-corrected chi connectivity index (χ1v) is 8.29. The molecule has 5 heteroatoms. The zero-order valence-corrected chi connectivity index (χ0v) is 14.6. The van der Waals surface area contributed by atoms with Gasteiger partial charge in [-0.25, -0.2) is 4.79 Å². The van der Waals surface area contributed by atoms with Gasteiger partial charge in [-0.1, -0.05) is 27.7 Å². The van der Waals surface area contributed by atoms with Gasteiger partial charge in [0.25, 0.3) is 0 Å². The smallest absolute Gasteiger partial charge is 0.319 e. The SMILES string of the molecule is CCN(CC)C(CNC(=O)Nc1ccc(C#N)cc1)CC(C)C. The third-order valence-electron chi connectivity index (χ3n) is 3.84. The summed E-state index contributed by atoms with van der Waals surface area (Å²) in [7, 11) is 0. The number of hydrogen-bond acceptors (Lipinski definition) is 3. The first-order valence-electron chi connectivity index (χ1n) is 8.29. The van der Waals surface area contributed by atoms with Crippen LogP contribution in [0.25, 0.3) is 0 Å². The minimum absolute atomic E-state index is 0.212. The number of carbonyl (C=O) groups excluding carboxylic acids is 1. The molecule has 1 aromatic rings. The molecule has 23 heavy (non-hydrogen) atoms. The van der Waals surface area contributed by atoms with Gasteiger partial charge in [0, 0.05) is 18.3 Å². The number of likely N-dealkylation sites (N-methyl/N-ethyl adjacent to an activating group) is 1. The van der Waals surface area contributed by atoms with Crippen molar-refractivity contribution in [2.24, 2.45) is 5.92 Å². The Bertz CT molecular complexity index is 515. The summed E-state index contributed by atoms with van der Waals surface area (Å²) in [6.45, 7) is 11.3. The van der Waals surface area contributed by atoms with Gasteiger partial charge in [-0.05, 0) is 49.7 Å². The van der Waals surface area contributed by atoms with E-state index in [4.69, 9.17) is 5.26 Å². The lowest BCUT2D eigenvalue weighted by Gasteiger charge is -2.31. The maximum Gasteiger partial charge on any atom is 0.319 e. The maximum atomic E-state index is 12.1. The second-order valence-electron chi connectivity index (χ2n) is 6.03. The van der Waals surface area contributed by atoms with E-state index < -0.39 is 0 Å². The summed E-state index contributed by atoms with van der Waals surface area (Å²) in [6, 6.07) is 9.02. The van der Waals surface area contributed by atoms with Crippen LogP contribution in [0.1, 0.15) is 39.7 Å². The number of amides is 2. The van der Waals surface area contributed by atoms with Gasteiger partial charge in [-0.15, -0.1) is 0 Å². The molecule has 0 heterocycles. The first kappa shape index (κ1) is 19.0. The molecule has 2 amide bonds. The van der Waals surface area contributed by atoms with Crippen LogP contribution in [-0.4, -0.2) is 36.6 Å². The lowest BCUT2D eigenvalue weighted by atomic mass is 10.0. The fraction of sp³-hybridized carbons (Fsp3) is 0.556. The van der Waals surface area contributed by atoms with E-state index in [0.717, 1.165) is 19.5 Å². The van der Waals surface area contributed by atoms with Gasteiger partial charge < -0.3 is 10.6 Å². The Morgan fingerprint density at radius 3 is 2.30 bits per heavy atom. The Morgan fingerprint density at radius 1 is 1.22 bits per heavy atom. The number of rotatable bonds is 8. The van der Waals surface area contributed by atoms with E-state index in [1.165, 1.54) is 0 Å². The molecule has 0 aliphatic rings. The van der Waals surface area contributed by atoms with Gasteiger partial charge in [0.1, 0.15) is 0 Å². The lowest BCUT2D eigenvalue weighted by Crippen LogP contribution is -2.45. The van der Waals surface area contributed by atoms with E-state index in [2.05, 4.69) is 49.3 Å². The summed E-state index contributed by atoms with van der Waals surface area (Å²) < 4.78 is 0. The summed E-state index contributed by atoms with van der Waals surface area (Å²) >= 11 is 0. The third kappa shape index (κ3) is 6.70. The number of carbonyl (C=O) groups is 1. The van der Waals surface area contributed by atoms with E-state index >= 15 is 0 Å². The van der Waals surface area contributed by atoms with Crippen molar-refractivity contribution in [3.05, 3.63) is 29.8 Å². The molecular formula is C18H28N4O. The summed E-state index contributed by atoms with van der Waals surface area (Å²) in [5.41, 5.74) is 1.26. The Morgan fingerprint density at radius 2 is 1.83 bits per heavy atom. The van der Waals surface area contributed by atoms with E-state index in [1.807, 2.05) is 0 Å². The average molecular weight is 316 g/mol. The molecule has 5 nitrogen and oxygen atoms in total. The molecule has 0 aliphatic carbocycles. The molecule has 0 radical (unpaired) electrons. The van der Waals surface area contributed by atoms with Gasteiger partial charge in [-0.2, -0.15) is 5.26 Å². The topological polar surface area (TPSA) is 68.2 Å². The molecule has 0 saturated heterocycles. The molecule has 1 unspecified atom stereocenters. The highest BCUT2D eigenvalue weighted by Gasteiger charge is 2.18. The summed E-state index contributed by atoms with van der Waals surface area (Å²) in [5.74, 6) is 0.587. The second kappa shape index (κ2) is 9.86. The number of anilines is 1. The van der Waals surface area contributed by atoms with Crippen molar-refractivity contribution in [3.8, 4) is 6.07 Å². The van der Waals surface area contributed by atoms with E-state index in [1.54, 1.807) is 24.3 Å². The Labute approximate surface area is 139 Å². The first-order chi connectivity index (χ1) is 11.0. The maximum absolute atomic E-state index is 12.1. The van der Waals surface area contributed by atoms with E-state index in [-0.39, 0.29) is 6.03 Å². The van der Waals surface area contributed by atoms with Crippen molar-refractivity contribution in [2.45, 2.75) is 40.2 Å². The highest BCUT2D eigenvalue weighted by molar-refractivity contribution is 5.89. The molecule has 0 saturated carbocycles. The van der Waals surface area contributed by atoms with Crippen LogP contribution >= 0.6 is 0 Å². The Hall–Kier alpha value is -2.06. The van der Waals surface area contributed by atoms with Crippen LogP contribution in [0.2, 0.25) is 0 Å². The molecular weight excluding hydrogens is 288 g/mol. The fourth-order valence-corrected chi connectivity index (χ4v) is 2.66. The molecule has 0 fully saturated rings. The van der Waals surface area contributed by atoms with Crippen LogP contribution in [0.4, 0.5) is 10.5 Å². The molecule has 0 bridgehead atoms. The minimum atomic E-state index is -0.212. The largest absolute Gasteiger partial charge is 0.336 e. The van der Waals surface area contributed by atoms with Gasteiger partial charge >= 0.3 is 6.03 Å². The Kier molecular flexibility index (Phi) is 8.14. The molecule has 0 aromatic heterocycles. The number of nitriles is 1. The predicted molar refractivity (Wildman–Crippen MR) is 94.3 cm³/mol. The summed E-state index contributed by atoms with van der Waals surface area (Å²) in [5, 5.41) is 14.5. The van der Waals surface area contributed by atoms with Crippen LogP contribution in [0.3, 0.4) is 0 Å². The molecule has 0 spiro atoms. The van der Waals surface area contributed by atoms with Crippen molar-refractivity contribution in [1.82, 2.24) is 10.2 Å². The predicted octanol–water partition coefficient (Wildman–Crippen LogP) is 3.44. The van der Waals surface area contributed by atoms with Gasteiger partial charge in [-0.3, -0.25) is 4.90 Å². The standard InChI is InChI=1S/C18H28N4O/c1-5-22(6-2)17(11-14(3)4)13-20-18(23)21-16-9-7-15(12-19)8-10-16/h7-10,14,17H,5-6,11,13H2,1-4H3,(H2,20,21,23). The van der Waals surface area contributed by atoms with Crippen molar-refractivity contribution >= 4 is 11.7 Å². The zero-order valence-electron chi connectivity index (χ0n) is 14.6. The van der Waals surface area contributed by atoms with Crippen LogP contribution < -0.4 is 10.6 Å². The highest BCUT2D eigenvalue weighted by atomic mass is 16.2. The van der Waals surface area contributed by atoms with Gasteiger partial charge in [0.2, 0.25) is 0 Å². The molecule has 1 rings (SSSR count). The van der Waals surface area contributed by atoms with Crippen molar-refractivity contribution in [2.75, 3.05) is 25.0 Å². The fourth-order valence-electron chi connectivity index (χ4n) is 2.66. The quantitative estimate of drug-likeness (QED) is 0.772. The van der Waals surface area contributed by atoms with Crippen LogP contribution in [-0.2, 0) is 0 Å². The minimum Gasteiger partial charge on any atom is -0.336 e. The van der Waals surface area contributed by atoms with E-state index in [0.29, 0.717) is 29.8 Å². The molecule has 0 aliphatic heterocycles. The average Bonchev–Trinajstić information content (AvgIpc) is 2.53. The molecule has 1 atom stereocenters. The van der Waals surface area contributed by atoms with Crippen LogP contribution in [0, 0.1) is 17.2 Å². The van der Waals surface area contributed by atoms with Crippen molar-refractivity contribution < 1.29 is 4.79 Å². The number of nitrogens with one attached hydrogen (secondary N) is 2. The number of nitrogens with zero attached hydrogens (tertiary/aromatic N) is 2. The van der Waals surface area contributed by atoms with E-state index in [9.17, 15) is 4.79 Å². The number of hydrogen-bond donors (Lipinski definition) is 2. The molecule has 1 aromatic carbocycles. The van der Waals surface area contributed by atoms with Gasteiger partial charge in [0.05, 0.1) is 11.6 Å². The monoisotopic (exact) mass is 316 g/mol. The van der Waals surface area contributed by atoms with Crippen LogP contribution in [0.5, 0.6) is 0 Å². The third-order valence-corrected chi connectivity index (χ3v) is 3.84. The van der Waals surface area contributed by atoms with Crippen LogP contribution in [0.15, 0.2) is 24.3 Å². The second-order valence-corrected chi connectivity index (χ2v) is 6.03. The molecule has 126 valence electrons. The van der Waals surface area contributed by atoms with Crippen molar-refractivity contribution in [1.29, 1.82) is 5.26 Å². The zero-order chi connectivity index (χ0) is 17.2. The van der Waals surface area contributed by atoms with Gasteiger partial charge in [0.15, 0.2) is 0 Å². The molecule has 2 N–H and O–H groups in total. The summed E-state index contributed by atoms with van der Waals surface area (Å²) in [4.78, 5) is 14.4. The normalized spacial score (nSPS) is 12.0.